The summed E-state index contributed by atoms with van der Waals surface area (Å²) < 4.78 is 46.1. The zero-order valence-corrected chi connectivity index (χ0v) is 20.6. The van der Waals surface area contributed by atoms with E-state index in [-0.39, 0.29) is 23.0 Å². The van der Waals surface area contributed by atoms with Crippen molar-refractivity contribution in [1.82, 2.24) is 0 Å². The lowest BCUT2D eigenvalue weighted by Crippen LogP contribution is -2.50. The van der Waals surface area contributed by atoms with Crippen LogP contribution in [0.3, 0.4) is 0 Å². The molecule has 0 spiro atoms. The molecule has 180 valence electrons. The molecule has 34 heavy (non-hydrogen) atoms. The van der Waals surface area contributed by atoms with Gasteiger partial charge >= 0.3 is 6.18 Å². The molecule has 1 atom stereocenters. The van der Waals surface area contributed by atoms with E-state index in [2.05, 4.69) is 33.2 Å². The second kappa shape index (κ2) is 8.88. The molecule has 0 aromatic heterocycles. The van der Waals surface area contributed by atoms with Crippen molar-refractivity contribution in [2.24, 2.45) is 0 Å². The van der Waals surface area contributed by atoms with Crippen LogP contribution in [-0.4, -0.2) is 37.8 Å². The summed E-state index contributed by atoms with van der Waals surface area (Å²) in [6, 6.07) is 23.1. The number of aryl methyl sites for hydroxylation is 1. The maximum Gasteiger partial charge on any atom is 0.402 e. The van der Waals surface area contributed by atoms with Gasteiger partial charge in [-0.3, -0.25) is 0 Å². The van der Waals surface area contributed by atoms with Crippen LogP contribution in [0.15, 0.2) is 78.9 Å². The number of halogens is 3. The highest BCUT2D eigenvalue weighted by Gasteiger charge is 2.56. The molecule has 4 rings (SSSR count). The first kappa shape index (κ1) is 24.5. The Bertz CT molecular complexity index is 1090. The summed E-state index contributed by atoms with van der Waals surface area (Å²) >= 11 is 0. The maximum absolute atomic E-state index is 15.0. The summed E-state index contributed by atoms with van der Waals surface area (Å²) in [5, 5.41) is 0. The van der Waals surface area contributed by atoms with E-state index in [0.717, 1.165) is 36.0 Å². The lowest BCUT2D eigenvalue weighted by molar-refractivity contribution is -0.896. The van der Waals surface area contributed by atoms with Gasteiger partial charge in [0, 0.05) is 18.3 Å². The molecule has 3 aromatic carbocycles. The molecular weight excluding hydrogens is 431 g/mol. The van der Waals surface area contributed by atoms with E-state index in [1.54, 1.807) is 54.6 Å². The van der Waals surface area contributed by atoms with Gasteiger partial charge in [0.15, 0.2) is 0 Å². The van der Waals surface area contributed by atoms with E-state index < -0.39 is 11.6 Å². The van der Waals surface area contributed by atoms with Crippen LogP contribution in [0, 0.1) is 6.92 Å². The van der Waals surface area contributed by atoms with Crippen molar-refractivity contribution in [2.45, 2.75) is 50.1 Å². The first-order valence-corrected chi connectivity index (χ1v) is 12.1. The molecule has 0 N–H and O–H groups in total. The minimum Gasteiger partial charge on any atom is -0.328 e. The van der Waals surface area contributed by atoms with Crippen molar-refractivity contribution < 1.29 is 17.7 Å². The number of piperidine rings is 1. The van der Waals surface area contributed by atoms with Gasteiger partial charge in [-0.2, -0.15) is 13.2 Å². The molecule has 3 aromatic rings. The SMILES string of the molecule is Cc1ccc(C(Cc2ccc(C3(C)CC[N+](C)(C)CC3)cc2)(c2ccccc2)C(F)(F)F)cc1. The summed E-state index contributed by atoms with van der Waals surface area (Å²) in [4.78, 5) is 0. The van der Waals surface area contributed by atoms with Crippen LogP contribution in [0.5, 0.6) is 0 Å². The van der Waals surface area contributed by atoms with Gasteiger partial charge in [-0.05, 0) is 35.6 Å². The average Bonchev–Trinajstić information content (AvgIpc) is 2.80. The molecule has 0 saturated carbocycles. The highest BCUT2D eigenvalue weighted by molar-refractivity contribution is 5.45. The van der Waals surface area contributed by atoms with E-state index in [1.807, 2.05) is 19.1 Å². The van der Waals surface area contributed by atoms with Gasteiger partial charge in [0.25, 0.3) is 0 Å². The van der Waals surface area contributed by atoms with Crippen molar-refractivity contribution in [3.05, 3.63) is 107 Å². The Morgan fingerprint density at radius 3 is 1.82 bits per heavy atom. The highest BCUT2D eigenvalue weighted by atomic mass is 19.4. The molecule has 0 amide bonds. The van der Waals surface area contributed by atoms with Crippen molar-refractivity contribution in [3.8, 4) is 0 Å². The number of hydrogen-bond donors (Lipinski definition) is 0. The summed E-state index contributed by atoms with van der Waals surface area (Å²) in [7, 11) is 4.52. The second-order valence-electron chi connectivity index (χ2n) is 11.0. The molecule has 0 aliphatic carbocycles. The van der Waals surface area contributed by atoms with Crippen molar-refractivity contribution in [2.75, 3.05) is 27.2 Å². The minimum absolute atomic E-state index is 0.0732. The summed E-state index contributed by atoms with van der Waals surface area (Å²) in [5.41, 5.74) is 1.38. The predicted molar refractivity (Wildman–Crippen MR) is 133 cm³/mol. The molecule has 1 aliphatic rings. The number of nitrogens with zero attached hydrogens (tertiary/aromatic N) is 1. The first-order chi connectivity index (χ1) is 16.0. The average molecular weight is 467 g/mol. The standard InChI is InChI=1S/C30H35F3N/c1-23-10-14-27(15-11-23)29(30(31,32)33,26-8-6-5-7-9-26)22-24-12-16-25(17-13-24)28(2)18-20-34(3,4)21-19-28/h5-17H,18-22H2,1-4H3/q+1. The third-order valence-corrected chi connectivity index (χ3v) is 7.95. The van der Waals surface area contributed by atoms with Crippen LogP contribution in [0.2, 0.25) is 0 Å². The highest BCUT2D eigenvalue weighted by Crippen LogP contribution is 2.49. The molecular formula is C30H35F3N+. The lowest BCUT2D eigenvalue weighted by atomic mass is 9.69. The van der Waals surface area contributed by atoms with Gasteiger partial charge < -0.3 is 4.48 Å². The molecule has 1 nitrogen and oxygen atoms in total. The number of hydrogen-bond acceptors (Lipinski definition) is 0. The number of rotatable bonds is 5. The molecule has 1 unspecified atom stereocenters. The van der Waals surface area contributed by atoms with E-state index >= 15 is 13.2 Å². The van der Waals surface area contributed by atoms with E-state index in [1.165, 1.54) is 5.56 Å². The van der Waals surface area contributed by atoms with E-state index in [0.29, 0.717) is 5.56 Å². The number of quaternary nitrogens is 1. The summed E-state index contributed by atoms with van der Waals surface area (Å²) in [5.74, 6) is 0. The maximum atomic E-state index is 15.0. The third-order valence-electron chi connectivity index (χ3n) is 7.95. The lowest BCUT2D eigenvalue weighted by Gasteiger charge is -2.43. The molecule has 1 aliphatic heterocycles. The first-order valence-electron chi connectivity index (χ1n) is 12.1. The smallest absolute Gasteiger partial charge is 0.328 e. The van der Waals surface area contributed by atoms with E-state index in [4.69, 9.17) is 0 Å². The van der Waals surface area contributed by atoms with Gasteiger partial charge in [-0.15, -0.1) is 0 Å². The van der Waals surface area contributed by atoms with Crippen molar-refractivity contribution >= 4 is 0 Å². The van der Waals surface area contributed by atoms with Gasteiger partial charge in [0.1, 0.15) is 5.41 Å². The Morgan fingerprint density at radius 2 is 1.29 bits per heavy atom. The Hall–Kier alpha value is -2.59. The van der Waals surface area contributed by atoms with Gasteiger partial charge in [0.2, 0.25) is 0 Å². The second-order valence-corrected chi connectivity index (χ2v) is 11.0. The topological polar surface area (TPSA) is 0 Å². The normalized spacial score (nSPS) is 19.4. The Kier molecular flexibility index (Phi) is 6.41. The zero-order chi connectivity index (χ0) is 24.6. The van der Waals surface area contributed by atoms with Gasteiger partial charge in [0.05, 0.1) is 27.2 Å². The third kappa shape index (κ3) is 4.65. The molecule has 1 saturated heterocycles. The molecule has 0 bridgehead atoms. The fraction of sp³-hybridized carbons (Fsp3) is 0.400. The molecule has 4 heteroatoms. The van der Waals surface area contributed by atoms with Crippen molar-refractivity contribution in [3.63, 3.8) is 0 Å². The molecule has 1 fully saturated rings. The Labute approximate surface area is 201 Å². The quantitative estimate of drug-likeness (QED) is 0.349. The zero-order valence-electron chi connectivity index (χ0n) is 20.6. The fourth-order valence-electron chi connectivity index (χ4n) is 5.31. The van der Waals surface area contributed by atoms with E-state index in [9.17, 15) is 0 Å². The van der Waals surface area contributed by atoms with Crippen LogP contribution < -0.4 is 0 Å². The fourth-order valence-corrected chi connectivity index (χ4v) is 5.31. The molecule has 0 radical (unpaired) electrons. The van der Waals surface area contributed by atoms with Gasteiger partial charge in [-0.25, -0.2) is 0 Å². The van der Waals surface area contributed by atoms with Crippen LogP contribution in [0.1, 0.15) is 47.6 Å². The number of likely N-dealkylation sites (tertiary alicyclic amines) is 1. The van der Waals surface area contributed by atoms with Crippen molar-refractivity contribution in [1.29, 1.82) is 0 Å². The number of benzene rings is 3. The van der Waals surface area contributed by atoms with Crippen LogP contribution >= 0.6 is 0 Å². The monoisotopic (exact) mass is 466 g/mol. The molecule has 1 heterocycles. The number of alkyl halides is 3. The van der Waals surface area contributed by atoms with Gasteiger partial charge in [-0.1, -0.05) is 91.3 Å². The van der Waals surface area contributed by atoms with Crippen LogP contribution in [0.4, 0.5) is 13.2 Å². The Balaban J connectivity index is 1.73. The summed E-state index contributed by atoms with van der Waals surface area (Å²) in [6.45, 7) is 6.40. The Morgan fingerprint density at radius 1 is 0.765 bits per heavy atom. The summed E-state index contributed by atoms with van der Waals surface area (Å²) in [6.07, 6.45) is -2.43. The van der Waals surface area contributed by atoms with Crippen LogP contribution in [0.25, 0.3) is 0 Å². The minimum atomic E-state index is -4.46. The van der Waals surface area contributed by atoms with Crippen LogP contribution in [-0.2, 0) is 17.3 Å². The predicted octanol–water partition coefficient (Wildman–Crippen LogP) is 7.21. The largest absolute Gasteiger partial charge is 0.402 e.